The van der Waals surface area contributed by atoms with Crippen LogP contribution in [0.15, 0.2) is 39.1 Å². The van der Waals surface area contributed by atoms with E-state index in [0.717, 1.165) is 5.69 Å². The predicted octanol–water partition coefficient (Wildman–Crippen LogP) is 2.69. The number of nitrogens with zero attached hydrogens (tertiary/aromatic N) is 1. The van der Waals surface area contributed by atoms with Crippen LogP contribution in [-0.4, -0.2) is 17.2 Å². The van der Waals surface area contributed by atoms with Crippen LogP contribution in [0.4, 0.5) is 0 Å². The van der Waals surface area contributed by atoms with Crippen LogP contribution in [-0.2, 0) is 4.74 Å². The molecule has 2 aromatic heterocycles. The molecule has 0 spiro atoms. The van der Waals surface area contributed by atoms with Crippen molar-refractivity contribution < 1.29 is 13.9 Å². The van der Waals surface area contributed by atoms with E-state index >= 15 is 0 Å². The van der Waals surface area contributed by atoms with Gasteiger partial charge in [0.05, 0.1) is 16.5 Å². The maximum atomic E-state index is 12.6. The topological polar surface area (TPSA) is 95.4 Å². The summed E-state index contributed by atoms with van der Waals surface area (Å²) in [5.41, 5.74) is 7.08. The van der Waals surface area contributed by atoms with Gasteiger partial charge in [-0.1, -0.05) is 0 Å². The maximum absolute atomic E-state index is 12.6. The normalized spacial score (nSPS) is 12.3. The van der Waals surface area contributed by atoms with Gasteiger partial charge in [0, 0.05) is 11.1 Å². The number of thiazole rings is 1. The second-order valence-electron chi connectivity index (χ2n) is 5.09. The third-order valence-electron chi connectivity index (χ3n) is 3.15. The molecule has 0 radical (unpaired) electrons. The zero-order valence-corrected chi connectivity index (χ0v) is 13.3. The third kappa shape index (κ3) is 3.01. The summed E-state index contributed by atoms with van der Waals surface area (Å²) in [4.78, 5) is 28.7. The third-order valence-corrected chi connectivity index (χ3v) is 4.15. The highest BCUT2D eigenvalue weighted by Gasteiger charge is 2.15. The molecule has 0 aliphatic heterocycles. The lowest BCUT2D eigenvalue weighted by Gasteiger charge is -2.08. The van der Waals surface area contributed by atoms with Crippen LogP contribution in [0.2, 0.25) is 0 Å². The van der Waals surface area contributed by atoms with Crippen molar-refractivity contribution in [2.45, 2.75) is 20.1 Å². The van der Waals surface area contributed by atoms with E-state index in [-0.39, 0.29) is 11.0 Å². The summed E-state index contributed by atoms with van der Waals surface area (Å²) in [6.45, 7) is 3.42. The fourth-order valence-corrected chi connectivity index (χ4v) is 2.92. The van der Waals surface area contributed by atoms with Crippen LogP contribution in [0.3, 0.4) is 0 Å². The molecule has 0 bridgehead atoms. The Morgan fingerprint density at radius 3 is 2.87 bits per heavy atom. The number of hydrogen-bond donors (Lipinski definition) is 1. The lowest BCUT2D eigenvalue weighted by molar-refractivity contribution is 0.0355. The number of carbonyl (C=O) groups is 1. The van der Waals surface area contributed by atoms with Crippen molar-refractivity contribution in [2.24, 2.45) is 5.73 Å². The van der Waals surface area contributed by atoms with Crippen LogP contribution in [0.1, 0.15) is 23.0 Å². The monoisotopic (exact) mass is 330 g/mol. The van der Waals surface area contributed by atoms with Crippen LogP contribution in [0.5, 0.6) is 0 Å². The molecule has 23 heavy (non-hydrogen) atoms. The van der Waals surface area contributed by atoms with Gasteiger partial charge < -0.3 is 9.15 Å². The van der Waals surface area contributed by atoms with Gasteiger partial charge in [0.25, 0.3) is 0 Å². The number of ether oxygens (including phenoxy) is 1. The van der Waals surface area contributed by atoms with E-state index in [9.17, 15) is 9.59 Å². The molecule has 0 aliphatic rings. The highest BCUT2D eigenvalue weighted by Crippen LogP contribution is 2.23. The summed E-state index contributed by atoms with van der Waals surface area (Å²) in [5.74, 6) is -0.566. The Bertz CT molecular complexity index is 943. The molecule has 6 nitrogen and oxygen atoms in total. The van der Waals surface area contributed by atoms with Crippen molar-refractivity contribution in [1.82, 2.24) is 4.98 Å². The molecule has 3 aromatic rings. The minimum atomic E-state index is -0.708. The second-order valence-corrected chi connectivity index (χ2v) is 5.95. The van der Waals surface area contributed by atoms with Gasteiger partial charge in [-0.15, -0.1) is 11.3 Å². The number of rotatable bonds is 3. The Hall–Kier alpha value is -2.51. The Morgan fingerprint density at radius 2 is 2.22 bits per heavy atom. The van der Waals surface area contributed by atoms with Gasteiger partial charge in [-0.25, -0.2) is 9.78 Å². The number of carbonyl (C=O) groups excluding carboxylic acids is 1. The zero-order valence-electron chi connectivity index (χ0n) is 12.5. The van der Waals surface area contributed by atoms with E-state index in [1.54, 1.807) is 13.0 Å². The molecule has 1 unspecified atom stereocenters. The van der Waals surface area contributed by atoms with Gasteiger partial charge in [-0.3, -0.25) is 10.5 Å². The van der Waals surface area contributed by atoms with Crippen molar-refractivity contribution >= 4 is 28.3 Å². The molecule has 3 rings (SSSR count). The average molecular weight is 330 g/mol. The van der Waals surface area contributed by atoms with Crippen molar-refractivity contribution in [1.29, 1.82) is 0 Å². The van der Waals surface area contributed by atoms with Gasteiger partial charge in [0.2, 0.25) is 5.43 Å². The first-order valence-electron chi connectivity index (χ1n) is 6.90. The lowest BCUT2D eigenvalue weighted by Crippen LogP contribution is -2.23. The molecule has 2 N–H and O–H groups in total. The molecule has 0 fully saturated rings. The van der Waals surface area contributed by atoms with Gasteiger partial charge in [0.1, 0.15) is 23.1 Å². The number of nitrogens with two attached hydrogens (primary N) is 1. The molecular formula is C16H14N2O4S. The van der Waals surface area contributed by atoms with Gasteiger partial charge in [-0.2, -0.15) is 0 Å². The average Bonchev–Trinajstić information content (AvgIpc) is 2.93. The molecule has 0 aliphatic carbocycles. The SMILES string of the molecule is Cc1csc(-c2coc3cc(C(=O)OC(C)N)ccc3c2=O)n1. The summed E-state index contributed by atoms with van der Waals surface area (Å²) in [5, 5.41) is 2.86. The Morgan fingerprint density at radius 1 is 1.43 bits per heavy atom. The van der Waals surface area contributed by atoms with E-state index < -0.39 is 12.2 Å². The number of fused-ring (bicyclic) bond motifs is 1. The summed E-state index contributed by atoms with van der Waals surface area (Å²) >= 11 is 1.38. The summed E-state index contributed by atoms with van der Waals surface area (Å²) in [6, 6.07) is 4.53. The van der Waals surface area contributed by atoms with Crippen LogP contribution >= 0.6 is 11.3 Å². The molecule has 2 heterocycles. The first-order valence-corrected chi connectivity index (χ1v) is 7.78. The molecule has 0 amide bonds. The minimum absolute atomic E-state index is 0.187. The number of aryl methyl sites for hydroxylation is 1. The van der Waals surface area contributed by atoms with Crippen molar-refractivity contribution in [3.63, 3.8) is 0 Å². The molecule has 7 heteroatoms. The van der Waals surface area contributed by atoms with Crippen LogP contribution in [0, 0.1) is 6.92 Å². The second kappa shape index (κ2) is 5.94. The molecule has 1 atom stereocenters. The predicted molar refractivity (Wildman–Crippen MR) is 87.4 cm³/mol. The highest BCUT2D eigenvalue weighted by atomic mass is 32.1. The first kappa shape index (κ1) is 15.4. The van der Waals surface area contributed by atoms with E-state index in [4.69, 9.17) is 14.9 Å². The van der Waals surface area contributed by atoms with Crippen LogP contribution < -0.4 is 11.2 Å². The summed E-state index contributed by atoms with van der Waals surface area (Å²) < 4.78 is 10.4. The summed E-state index contributed by atoms with van der Waals surface area (Å²) in [6.07, 6.45) is 0.657. The standard InChI is InChI=1S/C16H14N2O4S/c1-8-7-23-15(18-8)12-6-21-13-5-10(16(20)22-9(2)17)3-4-11(13)14(12)19/h3-7,9H,17H2,1-2H3. The molecule has 1 aromatic carbocycles. The number of hydrogen-bond acceptors (Lipinski definition) is 7. The van der Waals surface area contributed by atoms with Crippen molar-refractivity contribution in [3.05, 3.63) is 51.3 Å². The molecule has 0 saturated carbocycles. The summed E-state index contributed by atoms with van der Waals surface area (Å²) in [7, 11) is 0. The molecule has 0 saturated heterocycles. The maximum Gasteiger partial charge on any atom is 0.339 e. The fourth-order valence-electron chi connectivity index (χ4n) is 2.12. The Labute approximate surface area is 135 Å². The van der Waals surface area contributed by atoms with E-state index in [2.05, 4.69) is 4.98 Å². The van der Waals surface area contributed by atoms with E-state index in [0.29, 0.717) is 21.5 Å². The Balaban J connectivity index is 2.06. The minimum Gasteiger partial charge on any atom is -0.463 e. The highest BCUT2D eigenvalue weighted by molar-refractivity contribution is 7.13. The van der Waals surface area contributed by atoms with Gasteiger partial charge in [-0.05, 0) is 32.0 Å². The van der Waals surface area contributed by atoms with E-state index in [1.807, 2.05) is 12.3 Å². The zero-order chi connectivity index (χ0) is 16.6. The quantitative estimate of drug-likeness (QED) is 0.586. The largest absolute Gasteiger partial charge is 0.463 e. The molecular weight excluding hydrogens is 316 g/mol. The number of benzene rings is 1. The first-order chi connectivity index (χ1) is 11.0. The number of esters is 1. The van der Waals surface area contributed by atoms with Gasteiger partial charge in [0.15, 0.2) is 0 Å². The number of aromatic nitrogens is 1. The van der Waals surface area contributed by atoms with Crippen molar-refractivity contribution in [2.75, 3.05) is 0 Å². The fraction of sp³-hybridized carbons (Fsp3) is 0.188. The van der Waals surface area contributed by atoms with E-state index in [1.165, 1.54) is 29.7 Å². The lowest BCUT2D eigenvalue weighted by atomic mass is 10.1. The Kier molecular flexibility index (Phi) is 3.97. The van der Waals surface area contributed by atoms with Gasteiger partial charge >= 0.3 is 5.97 Å². The van der Waals surface area contributed by atoms with Crippen molar-refractivity contribution in [3.8, 4) is 10.6 Å². The van der Waals surface area contributed by atoms with Crippen LogP contribution in [0.25, 0.3) is 21.5 Å². The smallest absolute Gasteiger partial charge is 0.339 e. The molecule has 118 valence electrons.